The van der Waals surface area contributed by atoms with E-state index in [2.05, 4.69) is 13.8 Å². The molecular formula is C69H88BF24NO3. The predicted molar refractivity (Wildman–Crippen MR) is 326 cm³/mol. The van der Waals surface area contributed by atoms with Gasteiger partial charge in [-0.2, -0.15) is 124 Å². The van der Waals surface area contributed by atoms with Gasteiger partial charge >= 0.3 is 56.7 Å². The quantitative estimate of drug-likeness (QED) is 0.0158. The number of alkyl halides is 24. The monoisotopic (exact) mass is 1450 g/mol. The van der Waals surface area contributed by atoms with Gasteiger partial charge in [0.25, 0.3) is 0 Å². The Balaban J connectivity index is 0.00000158. The molecule has 0 aromatic heterocycles. The highest BCUT2D eigenvalue weighted by atomic mass is 19.4. The molecular weight excluding hydrogens is 1360 g/mol. The van der Waals surface area contributed by atoms with Crippen LogP contribution in [0.5, 0.6) is 17.2 Å². The first-order valence-electron chi connectivity index (χ1n) is 33.6. The zero-order valence-electron chi connectivity index (χ0n) is 54.9. The molecule has 0 heterocycles. The van der Waals surface area contributed by atoms with Crippen LogP contribution >= 0.6 is 0 Å². The summed E-state index contributed by atoms with van der Waals surface area (Å²) in [5, 5.41) is 0.976. The van der Waals surface area contributed by atoms with E-state index in [-0.39, 0.29) is 67.4 Å². The molecule has 0 bridgehead atoms. The van der Waals surface area contributed by atoms with Crippen molar-refractivity contribution in [3.05, 3.63) is 117 Å². The van der Waals surface area contributed by atoms with Gasteiger partial charge in [-0.05, 0) is 74.2 Å². The van der Waals surface area contributed by atoms with Crippen molar-refractivity contribution in [1.29, 1.82) is 0 Å². The Kier molecular flexibility index (Phi) is 36.8. The van der Waals surface area contributed by atoms with Crippen LogP contribution in [-0.4, -0.2) is 13.4 Å². The zero-order valence-corrected chi connectivity index (χ0v) is 54.9. The van der Waals surface area contributed by atoms with Crippen molar-refractivity contribution >= 4 is 13.0 Å². The minimum Gasteiger partial charge on any atom is -0.490 e. The van der Waals surface area contributed by atoms with Crippen LogP contribution in [-0.2, 0) is 49.4 Å². The van der Waals surface area contributed by atoms with E-state index in [0.717, 1.165) is 95.2 Å². The van der Waals surface area contributed by atoms with E-state index in [4.69, 9.17) is 14.0 Å². The van der Waals surface area contributed by atoms with Gasteiger partial charge in [-0.25, -0.2) is 0 Å². The molecule has 558 valence electrons. The fourth-order valence-electron chi connectivity index (χ4n) is 10.9. The van der Waals surface area contributed by atoms with Gasteiger partial charge in [0.2, 0.25) is 0 Å². The average Bonchev–Trinajstić information content (AvgIpc) is 0.768. The van der Waals surface area contributed by atoms with Crippen molar-refractivity contribution in [2.75, 3.05) is 0 Å². The van der Waals surface area contributed by atoms with Crippen LogP contribution in [0.4, 0.5) is 111 Å². The second-order valence-corrected chi connectivity index (χ2v) is 24.7. The predicted octanol–water partition coefficient (Wildman–Crippen LogP) is 26.7. The van der Waals surface area contributed by atoms with Gasteiger partial charge in [-0.1, -0.05) is 218 Å². The second-order valence-electron chi connectivity index (χ2n) is 24.7. The molecule has 0 radical (unpaired) electrons. The average molecular weight is 1450 g/mol. The molecule has 4 rings (SSSR count). The minimum absolute atomic E-state index is 0.0122. The van der Waals surface area contributed by atoms with Crippen LogP contribution in [0.3, 0.4) is 0 Å². The van der Waals surface area contributed by atoms with Gasteiger partial charge in [0.05, 0.1) is 33.9 Å². The summed E-state index contributed by atoms with van der Waals surface area (Å²) in [5.74, 6) is -4.61. The third-order valence-corrected chi connectivity index (χ3v) is 16.3. The first-order chi connectivity index (χ1) is 45.6. The molecule has 0 amide bonds. The maximum atomic E-state index is 15.2. The fraction of sp³-hybridized carbons (Fsp3) is 0.652. The third kappa shape index (κ3) is 34.8. The number of unbranched alkanes of at least 4 members (excludes halogenated alkanes) is 30. The summed E-state index contributed by atoms with van der Waals surface area (Å²) in [6, 6.07) is 0.396. The zero-order chi connectivity index (χ0) is 73.4. The maximum absolute atomic E-state index is 15.2. The van der Waals surface area contributed by atoms with Crippen molar-refractivity contribution < 1.29 is 125 Å². The summed E-state index contributed by atoms with van der Waals surface area (Å²) in [5.41, 5.74) is -16.2. The van der Waals surface area contributed by atoms with Crippen LogP contribution in [0.25, 0.3) is 0 Å². The lowest BCUT2D eigenvalue weighted by Crippen LogP contribution is -2.85. The van der Waals surface area contributed by atoms with Crippen LogP contribution in [0, 0.1) is 6.07 Å². The van der Waals surface area contributed by atoms with Crippen LogP contribution in [0.2, 0.25) is 0 Å². The molecule has 4 aromatic carbocycles. The van der Waals surface area contributed by atoms with Crippen LogP contribution < -0.4 is 19.3 Å². The van der Waals surface area contributed by atoms with Crippen molar-refractivity contribution in [3.8, 4) is 17.2 Å². The van der Waals surface area contributed by atoms with Gasteiger partial charge in [0.15, 0.2) is 11.4 Å². The van der Waals surface area contributed by atoms with E-state index in [9.17, 15) is 92.2 Å². The summed E-state index contributed by atoms with van der Waals surface area (Å²) in [7, 11) is -3.27. The van der Waals surface area contributed by atoms with E-state index in [1.165, 1.54) is 89.9 Å². The highest BCUT2D eigenvalue weighted by molar-refractivity contribution is 6.39. The first-order valence-corrected chi connectivity index (χ1v) is 33.6. The van der Waals surface area contributed by atoms with E-state index < -0.39 is 130 Å². The first kappa shape index (κ1) is 86.8. The van der Waals surface area contributed by atoms with E-state index in [0.29, 0.717) is 37.8 Å². The van der Waals surface area contributed by atoms with E-state index in [1.807, 2.05) is 0 Å². The normalized spacial score (nSPS) is 12.9. The summed E-state index contributed by atoms with van der Waals surface area (Å²) in [6.07, 6.45) is -9.52. The molecule has 0 aliphatic carbocycles. The Labute approximate surface area is 558 Å². The summed E-state index contributed by atoms with van der Waals surface area (Å²) in [4.78, 5) is 0. The Morgan fingerprint density at radius 1 is 0.296 bits per heavy atom. The maximum Gasteiger partial charge on any atom is 0.864 e. The lowest BCUT2D eigenvalue weighted by molar-refractivity contribution is -0.614. The second kappa shape index (κ2) is 41.5. The summed E-state index contributed by atoms with van der Waals surface area (Å²) >= 11 is 0. The highest BCUT2D eigenvalue weighted by Crippen LogP contribution is 2.45. The van der Waals surface area contributed by atoms with Crippen molar-refractivity contribution in [2.24, 2.45) is 0 Å². The highest BCUT2D eigenvalue weighted by Gasteiger charge is 2.46. The molecule has 0 aliphatic rings. The minimum atomic E-state index is -5.64. The fourth-order valence-corrected chi connectivity index (χ4v) is 10.9. The van der Waals surface area contributed by atoms with Crippen molar-refractivity contribution in [2.45, 2.75) is 288 Å². The van der Waals surface area contributed by atoms with Gasteiger partial charge < -0.3 is 19.3 Å². The number of rotatable bonds is 42. The molecule has 0 unspecified atom stereocenters. The standard InChI is InChI=1S/C61H84BF18NO3.C8H3F6/c1-3-5-7-9-11-13-15-17-19-21-23-25-27-29-31-33-35-50(36-34-32-30-28-26-24-22-20-18-16-14-12-10-8-6-4-2)81-55-53(61(78,79)80)43-49(60(75,76)77)44-54(55)84-62(82-51-39-45(56(63,64)65)37-46(40-51)57(66,67)68)83-52-41-47(58(69,70)71)38-48(42-52)59(72,73)74;9-7(10,11)5-2-1-3-6(4-5)8(12,13)14/h37-44,50,81H,3-36H2,1-2H3;2-4H/q;-1/p+1. The smallest absolute Gasteiger partial charge is 0.490 e. The number of hydrogen-bond acceptors (Lipinski definition) is 3. The Morgan fingerprint density at radius 3 is 0.796 bits per heavy atom. The molecule has 4 nitrogen and oxygen atoms in total. The lowest BCUT2D eigenvalue weighted by atomic mass is 9.98. The van der Waals surface area contributed by atoms with Gasteiger partial charge in [0.1, 0.15) is 17.1 Å². The SMILES string of the molecule is CCCCCCCCCCCCCCCCCCC(CCCCCCCCCCCCCCCCCC)[NH2+]c1c(OB(Oc2cc(C(F)(F)F)cc(C(F)(F)F)c2)Oc2cc(C(F)(F)F)cc(C(F)(F)F)c2)cc(C(F)(F)F)cc1C(F)(F)F.FC(F)(F)c1c[c-]cc(C(F)(F)F)c1. The molecule has 0 aliphatic heterocycles. The van der Waals surface area contributed by atoms with E-state index >= 15 is 13.2 Å². The number of nitrogens with two attached hydrogens (primary N) is 1. The molecule has 2 N–H and O–H groups in total. The van der Waals surface area contributed by atoms with Crippen molar-refractivity contribution in [3.63, 3.8) is 0 Å². The molecule has 0 saturated carbocycles. The molecule has 0 atom stereocenters. The number of benzene rings is 4. The lowest BCUT2D eigenvalue weighted by Gasteiger charge is -2.24. The Morgan fingerprint density at radius 2 is 0.541 bits per heavy atom. The van der Waals surface area contributed by atoms with Gasteiger partial charge in [0, 0.05) is 0 Å². The number of quaternary nitrogens is 1. The van der Waals surface area contributed by atoms with Gasteiger partial charge in [-0.15, -0.1) is 6.07 Å². The topological polar surface area (TPSA) is 44.3 Å². The van der Waals surface area contributed by atoms with Crippen LogP contribution in [0.15, 0.2) is 66.7 Å². The number of hydrogen-bond donors (Lipinski definition) is 1. The third-order valence-electron chi connectivity index (χ3n) is 16.3. The summed E-state index contributed by atoms with van der Waals surface area (Å²) < 4.78 is 345. The molecule has 0 spiro atoms. The number of halogens is 24. The molecule has 4 aromatic rings. The summed E-state index contributed by atoms with van der Waals surface area (Å²) in [6.45, 7) is 4.35. The largest absolute Gasteiger partial charge is 0.864 e. The molecule has 0 fully saturated rings. The Hall–Kier alpha value is -5.38. The van der Waals surface area contributed by atoms with E-state index in [1.54, 1.807) is 6.07 Å². The Bertz CT molecular complexity index is 2650. The van der Waals surface area contributed by atoms with Crippen LogP contribution in [0.1, 0.15) is 277 Å². The molecule has 98 heavy (non-hydrogen) atoms. The van der Waals surface area contributed by atoms with Gasteiger partial charge in [-0.3, -0.25) is 0 Å². The molecule has 0 saturated heterocycles. The molecule has 29 heteroatoms. The van der Waals surface area contributed by atoms with Crippen molar-refractivity contribution in [1.82, 2.24) is 0 Å².